The van der Waals surface area contributed by atoms with Crippen LogP contribution < -0.4 is 4.74 Å². The molecule has 1 aromatic carbocycles. The second-order valence-corrected chi connectivity index (χ2v) is 3.11. The molecular weight excluding hydrogens is 176 g/mol. The largest absolute Gasteiger partial charge is 0.486 e. The molecule has 2 rings (SSSR count). The molecule has 0 aliphatic rings. The Balaban J connectivity index is 1.95. The standard InChI is InChI=1S/C12H12O2/c1-10-7-8-12(14-10)9-13-11-5-3-2-4-6-11/h2-8H,9H2,1H3. The summed E-state index contributed by atoms with van der Waals surface area (Å²) in [6, 6.07) is 13.6. The second kappa shape index (κ2) is 4.01. The van der Waals surface area contributed by atoms with Gasteiger partial charge in [-0.05, 0) is 31.2 Å². The molecule has 0 amide bonds. The first kappa shape index (κ1) is 8.88. The minimum Gasteiger partial charge on any atom is -0.486 e. The number of benzene rings is 1. The van der Waals surface area contributed by atoms with Gasteiger partial charge in [0, 0.05) is 0 Å². The predicted octanol–water partition coefficient (Wildman–Crippen LogP) is 3.17. The Hall–Kier alpha value is -1.70. The lowest BCUT2D eigenvalue weighted by Gasteiger charge is -2.02. The van der Waals surface area contributed by atoms with Gasteiger partial charge in [-0.3, -0.25) is 0 Å². The van der Waals surface area contributed by atoms with Gasteiger partial charge >= 0.3 is 0 Å². The van der Waals surface area contributed by atoms with Gasteiger partial charge in [-0.2, -0.15) is 0 Å². The maximum Gasteiger partial charge on any atom is 0.146 e. The lowest BCUT2D eigenvalue weighted by atomic mass is 10.3. The third-order valence-corrected chi connectivity index (χ3v) is 1.92. The first-order valence-electron chi connectivity index (χ1n) is 4.58. The fourth-order valence-corrected chi connectivity index (χ4v) is 1.23. The molecule has 1 aromatic heterocycles. The number of ether oxygens (including phenoxy) is 1. The maximum absolute atomic E-state index is 5.51. The summed E-state index contributed by atoms with van der Waals surface area (Å²) in [5, 5.41) is 0. The van der Waals surface area contributed by atoms with Gasteiger partial charge in [-0.1, -0.05) is 18.2 Å². The van der Waals surface area contributed by atoms with E-state index in [4.69, 9.17) is 9.15 Å². The van der Waals surface area contributed by atoms with E-state index in [9.17, 15) is 0 Å². The third-order valence-electron chi connectivity index (χ3n) is 1.92. The number of para-hydroxylation sites is 1. The highest BCUT2D eigenvalue weighted by Gasteiger charge is 1.98. The highest BCUT2D eigenvalue weighted by molar-refractivity contribution is 5.21. The summed E-state index contributed by atoms with van der Waals surface area (Å²) in [6.45, 7) is 2.41. The highest BCUT2D eigenvalue weighted by Crippen LogP contribution is 2.13. The first-order chi connectivity index (χ1) is 6.84. The zero-order chi connectivity index (χ0) is 9.80. The summed E-state index contributed by atoms with van der Waals surface area (Å²) in [4.78, 5) is 0. The fraction of sp³-hybridized carbons (Fsp3) is 0.167. The molecule has 0 N–H and O–H groups in total. The van der Waals surface area contributed by atoms with Gasteiger partial charge in [-0.15, -0.1) is 0 Å². The average Bonchev–Trinajstić information content (AvgIpc) is 2.63. The van der Waals surface area contributed by atoms with Crippen LogP contribution in [0.2, 0.25) is 0 Å². The molecule has 0 bridgehead atoms. The molecule has 0 saturated heterocycles. The van der Waals surface area contributed by atoms with E-state index in [1.807, 2.05) is 49.4 Å². The van der Waals surface area contributed by atoms with Crippen molar-refractivity contribution in [3.05, 3.63) is 54.0 Å². The molecule has 0 atom stereocenters. The van der Waals surface area contributed by atoms with Crippen LogP contribution in [0.25, 0.3) is 0 Å². The molecule has 0 aliphatic carbocycles. The van der Waals surface area contributed by atoms with Crippen molar-refractivity contribution in [2.24, 2.45) is 0 Å². The van der Waals surface area contributed by atoms with Crippen LogP contribution in [-0.2, 0) is 6.61 Å². The van der Waals surface area contributed by atoms with E-state index in [0.29, 0.717) is 6.61 Å². The van der Waals surface area contributed by atoms with Crippen LogP contribution in [0.5, 0.6) is 5.75 Å². The van der Waals surface area contributed by atoms with E-state index < -0.39 is 0 Å². The summed E-state index contributed by atoms with van der Waals surface area (Å²) in [7, 11) is 0. The molecule has 2 aromatic rings. The van der Waals surface area contributed by atoms with Gasteiger partial charge in [0.2, 0.25) is 0 Å². The zero-order valence-electron chi connectivity index (χ0n) is 8.07. The van der Waals surface area contributed by atoms with E-state index in [0.717, 1.165) is 17.3 Å². The first-order valence-corrected chi connectivity index (χ1v) is 4.58. The summed E-state index contributed by atoms with van der Waals surface area (Å²) in [5.41, 5.74) is 0. The van der Waals surface area contributed by atoms with Crippen molar-refractivity contribution in [3.63, 3.8) is 0 Å². The molecule has 0 radical (unpaired) electrons. The summed E-state index contributed by atoms with van der Waals surface area (Å²) in [5.74, 6) is 2.63. The van der Waals surface area contributed by atoms with Crippen molar-refractivity contribution in [2.75, 3.05) is 0 Å². The van der Waals surface area contributed by atoms with Gasteiger partial charge < -0.3 is 9.15 Å². The second-order valence-electron chi connectivity index (χ2n) is 3.11. The average molecular weight is 188 g/mol. The lowest BCUT2D eigenvalue weighted by Crippen LogP contribution is -1.92. The normalized spacial score (nSPS) is 10.1. The van der Waals surface area contributed by atoms with Crippen LogP contribution in [0.3, 0.4) is 0 Å². The SMILES string of the molecule is Cc1ccc(COc2ccccc2)o1. The summed E-state index contributed by atoms with van der Waals surface area (Å²) >= 11 is 0. The Morgan fingerprint density at radius 3 is 2.50 bits per heavy atom. The van der Waals surface area contributed by atoms with Crippen LogP contribution in [-0.4, -0.2) is 0 Å². The maximum atomic E-state index is 5.51. The number of furan rings is 1. The molecule has 0 fully saturated rings. The van der Waals surface area contributed by atoms with Crippen LogP contribution in [0.1, 0.15) is 11.5 Å². The fourth-order valence-electron chi connectivity index (χ4n) is 1.23. The van der Waals surface area contributed by atoms with Crippen molar-refractivity contribution < 1.29 is 9.15 Å². The Labute approximate surface area is 83.1 Å². The molecule has 2 nitrogen and oxygen atoms in total. The molecule has 0 saturated carbocycles. The molecule has 0 spiro atoms. The van der Waals surface area contributed by atoms with E-state index in [1.54, 1.807) is 0 Å². The predicted molar refractivity (Wildman–Crippen MR) is 54.2 cm³/mol. The highest BCUT2D eigenvalue weighted by atomic mass is 16.5. The molecule has 2 heteroatoms. The van der Waals surface area contributed by atoms with E-state index in [1.165, 1.54) is 0 Å². The Bertz CT molecular complexity index is 390. The Kier molecular flexibility index (Phi) is 2.54. The van der Waals surface area contributed by atoms with Gasteiger partial charge in [0.1, 0.15) is 23.9 Å². The molecule has 72 valence electrons. The van der Waals surface area contributed by atoms with E-state index in [-0.39, 0.29) is 0 Å². The Morgan fingerprint density at radius 1 is 1.07 bits per heavy atom. The molecular formula is C12H12O2. The quantitative estimate of drug-likeness (QED) is 0.738. The third kappa shape index (κ3) is 2.16. The van der Waals surface area contributed by atoms with Crippen molar-refractivity contribution >= 4 is 0 Å². The topological polar surface area (TPSA) is 22.4 Å². The molecule has 14 heavy (non-hydrogen) atoms. The van der Waals surface area contributed by atoms with Crippen molar-refractivity contribution in [2.45, 2.75) is 13.5 Å². The van der Waals surface area contributed by atoms with Gasteiger partial charge in [0.15, 0.2) is 0 Å². The lowest BCUT2D eigenvalue weighted by molar-refractivity contribution is 0.267. The summed E-state index contributed by atoms with van der Waals surface area (Å²) < 4.78 is 10.9. The molecule has 0 unspecified atom stereocenters. The van der Waals surface area contributed by atoms with E-state index >= 15 is 0 Å². The van der Waals surface area contributed by atoms with Crippen molar-refractivity contribution in [3.8, 4) is 5.75 Å². The smallest absolute Gasteiger partial charge is 0.146 e. The molecule has 0 aliphatic heterocycles. The van der Waals surface area contributed by atoms with Crippen LogP contribution in [0.15, 0.2) is 46.9 Å². The zero-order valence-corrected chi connectivity index (χ0v) is 8.07. The molecule has 1 heterocycles. The van der Waals surface area contributed by atoms with Crippen molar-refractivity contribution in [1.82, 2.24) is 0 Å². The number of aryl methyl sites for hydroxylation is 1. The van der Waals surface area contributed by atoms with Crippen LogP contribution in [0.4, 0.5) is 0 Å². The van der Waals surface area contributed by atoms with Crippen LogP contribution >= 0.6 is 0 Å². The minimum absolute atomic E-state index is 0.484. The number of hydrogen-bond donors (Lipinski definition) is 0. The number of hydrogen-bond acceptors (Lipinski definition) is 2. The minimum atomic E-state index is 0.484. The number of rotatable bonds is 3. The van der Waals surface area contributed by atoms with Crippen molar-refractivity contribution in [1.29, 1.82) is 0 Å². The monoisotopic (exact) mass is 188 g/mol. The van der Waals surface area contributed by atoms with Gasteiger partial charge in [-0.25, -0.2) is 0 Å². The van der Waals surface area contributed by atoms with E-state index in [2.05, 4.69) is 0 Å². The Morgan fingerprint density at radius 2 is 1.86 bits per heavy atom. The van der Waals surface area contributed by atoms with Crippen LogP contribution in [0, 0.1) is 6.92 Å². The van der Waals surface area contributed by atoms with Gasteiger partial charge in [0.05, 0.1) is 0 Å². The van der Waals surface area contributed by atoms with Gasteiger partial charge in [0.25, 0.3) is 0 Å². The summed E-state index contributed by atoms with van der Waals surface area (Å²) in [6.07, 6.45) is 0.